The Balaban J connectivity index is 2.14. The lowest BCUT2D eigenvalue weighted by molar-refractivity contribution is -0.0233. The van der Waals surface area contributed by atoms with Gasteiger partial charge in [-0.1, -0.05) is 19.8 Å². The fourth-order valence-electron chi connectivity index (χ4n) is 3.95. The van der Waals surface area contributed by atoms with Crippen LogP contribution in [0.5, 0.6) is 0 Å². The molecule has 0 spiro atoms. The van der Waals surface area contributed by atoms with Crippen LogP contribution in [-0.2, 0) is 4.74 Å². The molecule has 22 heavy (non-hydrogen) atoms. The molecule has 1 heterocycles. The Bertz CT molecular complexity index is 377. The van der Waals surface area contributed by atoms with Gasteiger partial charge in [0.2, 0.25) is 0 Å². The van der Waals surface area contributed by atoms with Crippen molar-refractivity contribution in [3.8, 4) is 0 Å². The predicted octanol–water partition coefficient (Wildman–Crippen LogP) is 3.96. The summed E-state index contributed by atoms with van der Waals surface area (Å²) < 4.78 is 5.62. The van der Waals surface area contributed by atoms with Crippen molar-refractivity contribution in [1.29, 1.82) is 0 Å². The zero-order valence-electron chi connectivity index (χ0n) is 14.7. The van der Waals surface area contributed by atoms with Gasteiger partial charge in [0.1, 0.15) is 5.60 Å². The number of carbonyl (C=O) groups excluding carboxylic acids is 1. The highest BCUT2D eigenvalue weighted by atomic mass is 16.6. The van der Waals surface area contributed by atoms with Crippen LogP contribution in [0.25, 0.3) is 0 Å². The van der Waals surface area contributed by atoms with Gasteiger partial charge in [0.05, 0.1) is 6.10 Å². The molecule has 0 aromatic heterocycles. The molecule has 4 atom stereocenters. The third-order valence-corrected chi connectivity index (χ3v) is 5.05. The maximum atomic E-state index is 12.6. The van der Waals surface area contributed by atoms with Gasteiger partial charge in [-0.15, -0.1) is 0 Å². The number of amides is 1. The van der Waals surface area contributed by atoms with E-state index >= 15 is 0 Å². The van der Waals surface area contributed by atoms with E-state index in [1.807, 2.05) is 25.7 Å². The maximum absolute atomic E-state index is 12.6. The van der Waals surface area contributed by atoms with E-state index in [4.69, 9.17) is 4.74 Å². The Kier molecular flexibility index (Phi) is 5.76. The molecule has 1 amide bonds. The molecule has 1 aliphatic carbocycles. The molecule has 0 bridgehead atoms. The monoisotopic (exact) mass is 311 g/mol. The number of nitrogens with zero attached hydrogens (tertiary/aromatic N) is 1. The third-order valence-electron chi connectivity index (χ3n) is 5.05. The van der Waals surface area contributed by atoms with Crippen molar-refractivity contribution < 1.29 is 14.6 Å². The lowest BCUT2D eigenvalue weighted by Gasteiger charge is -2.42. The van der Waals surface area contributed by atoms with Crippen LogP contribution < -0.4 is 0 Å². The van der Waals surface area contributed by atoms with Crippen LogP contribution >= 0.6 is 0 Å². The molecular weight excluding hydrogens is 278 g/mol. The first kappa shape index (κ1) is 17.6. The number of carbonyl (C=O) groups is 1. The van der Waals surface area contributed by atoms with Gasteiger partial charge in [-0.05, 0) is 58.8 Å². The van der Waals surface area contributed by atoms with Gasteiger partial charge in [-0.3, -0.25) is 0 Å². The Hall–Kier alpha value is -0.770. The number of hydrogen-bond acceptors (Lipinski definition) is 3. The first-order valence-corrected chi connectivity index (χ1v) is 8.95. The summed E-state index contributed by atoms with van der Waals surface area (Å²) in [6, 6.07) is 0.134. The Morgan fingerprint density at radius 2 is 1.86 bits per heavy atom. The van der Waals surface area contributed by atoms with Crippen molar-refractivity contribution in [1.82, 2.24) is 4.90 Å². The quantitative estimate of drug-likeness (QED) is 0.797. The summed E-state index contributed by atoms with van der Waals surface area (Å²) in [4.78, 5) is 14.6. The molecule has 4 nitrogen and oxygen atoms in total. The molecule has 4 unspecified atom stereocenters. The summed E-state index contributed by atoms with van der Waals surface area (Å²) >= 11 is 0. The summed E-state index contributed by atoms with van der Waals surface area (Å²) in [5.41, 5.74) is -0.466. The summed E-state index contributed by atoms with van der Waals surface area (Å²) in [5.74, 6) is 0.839. The van der Waals surface area contributed by atoms with E-state index in [1.54, 1.807) is 0 Å². The lowest BCUT2D eigenvalue weighted by Crippen LogP contribution is -2.50. The standard InChI is InChI=1S/C18H33NO3/c1-13-9-10-16(20)14(12-13)15-8-6-5-7-11-19(15)17(21)22-18(2,3)4/h13-16,20H,5-12H2,1-4H3. The van der Waals surface area contributed by atoms with Gasteiger partial charge >= 0.3 is 6.09 Å². The van der Waals surface area contributed by atoms with E-state index in [-0.39, 0.29) is 24.2 Å². The molecular formula is C18H33NO3. The molecule has 2 aliphatic rings. The SMILES string of the molecule is CC1CCC(O)C(C2CCCCCN2C(=O)OC(C)(C)C)C1. The largest absolute Gasteiger partial charge is 0.444 e. The van der Waals surface area contributed by atoms with Crippen LogP contribution in [-0.4, -0.2) is 40.4 Å². The highest BCUT2D eigenvalue weighted by molar-refractivity contribution is 5.68. The number of likely N-dealkylation sites (tertiary alicyclic amines) is 1. The molecule has 1 saturated carbocycles. The van der Waals surface area contributed by atoms with Crippen molar-refractivity contribution in [2.75, 3.05) is 6.54 Å². The van der Waals surface area contributed by atoms with Crippen molar-refractivity contribution in [3.05, 3.63) is 0 Å². The van der Waals surface area contributed by atoms with Crippen LogP contribution in [0.3, 0.4) is 0 Å². The first-order valence-electron chi connectivity index (χ1n) is 8.95. The van der Waals surface area contributed by atoms with Gasteiger partial charge in [0.25, 0.3) is 0 Å². The van der Waals surface area contributed by atoms with Crippen LogP contribution in [0.4, 0.5) is 4.79 Å². The second-order valence-electron chi connectivity index (χ2n) is 8.24. The van der Waals surface area contributed by atoms with Gasteiger partial charge in [0.15, 0.2) is 0 Å². The smallest absolute Gasteiger partial charge is 0.410 e. The second-order valence-corrected chi connectivity index (χ2v) is 8.24. The topological polar surface area (TPSA) is 49.8 Å². The fraction of sp³-hybridized carbons (Fsp3) is 0.944. The fourth-order valence-corrected chi connectivity index (χ4v) is 3.95. The lowest BCUT2D eigenvalue weighted by atomic mass is 9.75. The molecule has 1 N–H and O–H groups in total. The number of rotatable bonds is 1. The van der Waals surface area contributed by atoms with Gasteiger partial charge in [-0.25, -0.2) is 4.79 Å². The van der Waals surface area contributed by atoms with Gasteiger partial charge in [-0.2, -0.15) is 0 Å². The zero-order chi connectivity index (χ0) is 16.3. The average molecular weight is 311 g/mol. The van der Waals surface area contributed by atoms with Crippen LogP contribution in [0.15, 0.2) is 0 Å². The predicted molar refractivity (Wildman–Crippen MR) is 87.7 cm³/mol. The van der Waals surface area contributed by atoms with E-state index in [0.717, 1.165) is 51.5 Å². The minimum atomic E-state index is -0.466. The second kappa shape index (κ2) is 7.20. The van der Waals surface area contributed by atoms with Gasteiger partial charge in [0, 0.05) is 18.5 Å². The summed E-state index contributed by atoms with van der Waals surface area (Å²) in [6.07, 6.45) is 6.83. The normalized spacial score (nSPS) is 34.1. The molecule has 2 rings (SSSR count). The number of ether oxygens (including phenoxy) is 1. The van der Waals surface area contributed by atoms with E-state index in [0.29, 0.717) is 5.92 Å². The van der Waals surface area contributed by atoms with Crippen molar-refractivity contribution in [2.24, 2.45) is 11.8 Å². The highest BCUT2D eigenvalue weighted by Crippen LogP contribution is 2.36. The maximum Gasteiger partial charge on any atom is 0.410 e. The Morgan fingerprint density at radius 3 is 2.55 bits per heavy atom. The van der Waals surface area contributed by atoms with Crippen LogP contribution in [0.2, 0.25) is 0 Å². The number of hydrogen-bond donors (Lipinski definition) is 1. The first-order chi connectivity index (χ1) is 10.3. The Morgan fingerprint density at radius 1 is 1.14 bits per heavy atom. The Labute approximate surface area is 135 Å². The van der Waals surface area contributed by atoms with Gasteiger partial charge < -0.3 is 14.7 Å². The molecule has 1 aliphatic heterocycles. The molecule has 2 fully saturated rings. The minimum absolute atomic E-state index is 0.134. The molecule has 4 heteroatoms. The zero-order valence-corrected chi connectivity index (χ0v) is 14.7. The van der Waals surface area contributed by atoms with Crippen molar-refractivity contribution in [2.45, 2.75) is 90.4 Å². The van der Waals surface area contributed by atoms with Crippen molar-refractivity contribution >= 4 is 6.09 Å². The highest BCUT2D eigenvalue weighted by Gasteiger charge is 2.39. The summed E-state index contributed by atoms with van der Waals surface area (Å²) in [5, 5.41) is 10.5. The minimum Gasteiger partial charge on any atom is -0.444 e. The summed E-state index contributed by atoms with van der Waals surface area (Å²) in [7, 11) is 0. The van der Waals surface area contributed by atoms with E-state index in [1.165, 1.54) is 0 Å². The molecule has 0 radical (unpaired) electrons. The van der Waals surface area contributed by atoms with Crippen LogP contribution in [0, 0.1) is 11.8 Å². The average Bonchev–Trinajstić information content (AvgIpc) is 2.65. The molecule has 0 aromatic carbocycles. The number of aliphatic hydroxyl groups excluding tert-OH is 1. The molecule has 1 saturated heterocycles. The third kappa shape index (κ3) is 4.61. The van der Waals surface area contributed by atoms with Crippen molar-refractivity contribution in [3.63, 3.8) is 0 Å². The van der Waals surface area contributed by atoms with Crippen LogP contribution in [0.1, 0.15) is 72.6 Å². The number of aliphatic hydroxyl groups is 1. The molecule has 128 valence electrons. The van der Waals surface area contributed by atoms with E-state index in [9.17, 15) is 9.90 Å². The van der Waals surface area contributed by atoms with E-state index in [2.05, 4.69) is 6.92 Å². The van der Waals surface area contributed by atoms with E-state index < -0.39 is 5.60 Å². The molecule has 0 aromatic rings. The summed E-state index contributed by atoms with van der Waals surface area (Å²) in [6.45, 7) is 8.75.